The van der Waals surface area contributed by atoms with Crippen LogP contribution >= 0.6 is 0 Å². The molecular weight excluding hydrogens is 240 g/mol. The summed E-state index contributed by atoms with van der Waals surface area (Å²) in [6.07, 6.45) is -1.06. The molecule has 0 spiro atoms. The standard InChI is InChI=1S/C11H14O3.CH2O3/c1-3-8-6-5-7-9(11(12)13)10(8)14-4-2;2-1(3)4/h5-7H,3-4H2,1-2H3,(H,12,13);(H2,2,3,4). The molecule has 6 nitrogen and oxygen atoms in total. The molecular formula is C12H16O6. The van der Waals surface area contributed by atoms with E-state index in [1.54, 1.807) is 12.1 Å². The van der Waals surface area contributed by atoms with Gasteiger partial charge in [0.1, 0.15) is 11.3 Å². The molecule has 0 aromatic heterocycles. The molecule has 3 N–H and O–H groups in total. The van der Waals surface area contributed by atoms with E-state index in [4.69, 9.17) is 24.9 Å². The van der Waals surface area contributed by atoms with Gasteiger partial charge >= 0.3 is 12.1 Å². The number of carbonyl (C=O) groups is 2. The van der Waals surface area contributed by atoms with Crippen molar-refractivity contribution in [3.63, 3.8) is 0 Å². The van der Waals surface area contributed by atoms with E-state index in [1.807, 2.05) is 19.9 Å². The van der Waals surface area contributed by atoms with Gasteiger partial charge in [0.2, 0.25) is 0 Å². The van der Waals surface area contributed by atoms with Gasteiger partial charge in [-0.3, -0.25) is 0 Å². The molecule has 1 aromatic rings. The Morgan fingerprint density at radius 2 is 1.72 bits per heavy atom. The summed E-state index contributed by atoms with van der Waals surface area (Å²) >= 11 is 0. The fourth-order valence-electron chi connectivity index (χ4n) is 1.35. The van der Waals surface area contributed by atoms with Gasteiger partial charge in [-0.15, -0.1) is 0 Å². The third-order valence-electron chi connectivity index (χ3n) is 2.00. The topological polar surface area (TPSA) is 104 Å². The summed E-state index contributed by atoms with van der Waals surface area (Å²) in [6.45, 7) is 4.30. The van der Waals surface area contributed by atoms with Crippen LogP contribution in [0.3, 0.4) is 0 Å². The summed E-state index contributed by atoms with van der Waals surface area (Å²) in [5.74, 6) is -0.436. The lowest BCUT2D eigenvalue weighted by atomic mass is 10.1. The van der Waals surface area contributed by atoms with Gasteiger partial charge in [-0.05, 0) is 25.0 Å². The molecule has 0 saturated heterocycles. The third-order valence-corrected chi connectivity index (χ3v) is 2.00. The second kappa shape index (κ2) is 7.94. The van der Waals surface area contributed by atoms with Crippen LogP contribution in [0.2, 0.25) is 0 Å². The Hall–Kier alpha value is -2.24. The van der Waals surface area contributed by atoms with Crippen LogP contribution in [0.15, 0.2) is 18.2 Å². The van der Waals surface area contributed by atoms with E-state index in [2.05, 4.69) is 0 Å². The average molecular weight is 256 g/mol. The summed E-state index contributed by atoms with van der Waals surface area (Å²) < 4.78 is 5.34. The third kappa shape index (κ3) is 5.20. The predicted octanol–water partition coefficient (Wildman–Crippen LogP) is 2.57. The highest BCUT2D eigenvalue weighted by Gasteiger charge is 2.13. The number of benzene rings is 1. The molecule has 1 rings (SSSR count). The number of aromatic carboxylic acids is 1. The van der Waals surface area contributed by atoms with Gasteiger partial charge in [-0.25, -0.2) is 9.59 Å². The minimum absolute atomic E-state index is 0.242. The molecule has 6 heteroatoms. The minimum Gasteiger partial charge on any atom is -0.493 e. The maximum atomic E-state index is 10.9. The first kappa shape index (κ1) is 15.8. The van der Waals surface area contributed by atoms with E-state index >= 15 is 0 Å². The van der Waals surface area contributed by atoms with Crippen molar-refractivity contribution in [3.05, 3.63) is 29.3 Å². The quantitative estimate of drug-likeness (QED) is 0.764. The monoisotopic (exact) mass is 256 g/mol. The lowest BCUT2D eigenvalue weighted by Crippen LogP contribution is -2.05. The van der Waals surface area contributed by atoms with Crippen LogP contribution in [0.4, 0.5) is 4.79 Å². The van der Waals surface area contributed by atoms with E-state index in [1.165, 1.54) is 0 Å². The van der Waals surface area contributed by atoms with Crippen molar-refractivity contribution in [1.29, 1.82) is 0 Å². The normalized spacial score (nSPS) is 9.00. The number of hydrogen-bond acceptors (Lipinski definition) is 3. The van der Waals surface area contributed by atoms with Crippen LogP contribution in [-0.4, -0.2) is 34.1 Å². The average Bonchev–Trinajstić information content (AvgIpc) is 2.28. The van der Waals surface area contributed by atoms with Crippen LogP contribution in [-0.2, 0) is 6.42 Å². The highest BCUT2D eigenvalue weighted by Crippen LogP contribution is 2.24. The Balaban J connectivity index is 0.000000631. The maximum absolute atomic E-state index is 10.9. The van der Waals surface area contributed by atoms with Crippen molar-refractivity contribution in [1.82, 2.24) is 0 Å². The fourth-order valence-corrected chi connectivity index (χ4v) is 1.35. The van der Waals surface area contributed by atoms with Crippen LogP contribution in [0.5, 0.6) is 5.75 Å². The molecule has 18 heavy (non-hydrogen) atoms. The zero-order chi connectivity index (χ0) is 14.1. The number of ether oxygens (including phenoxy) is 1. The number of aryl methyl sites for hydroxylation is 1. The van der Waals surface area contributed by atoms with Crippen molar-refractivity contribution in [2.24, 2.45) is 0 Å². The summed E-state index contributed by atoms with van der Waals surface area (Å²) in [6, 6.07) is 5.19. The molecule has 0 aliphatic heterocycles. The van der Waals surface area contributed by atoms with E-state index < -0.39 is 12.1 Å². The molecule has 0 heterocycles. The van der Waals surface area contributed by atoms with Gasteiger partial charge in [-0.1, -0.05) is 19.1 Å². The van der Waals surface area contributed by atoms with Crippen LogP contribution in [0, 0.1) is 0 Å². The molecule has 0 bridgehead atoms. The van der Waals surface area contributed by atoms with Crippen molar-refractivity contribution in [2.75, 3.05) is 6.61 Å². The number of rotatable bonds is 4. The van der Waals surface area contributed by atoms with Gasteiger partial charge in [-0.2, -0.15) is 0 Å². The molecule has 1 aromatic carbocycles. The molecule has 0 aliphatic carbocycles. The van der Waals surface area contributed by atoms with Crippen molar-refractivity contribution >= 4 is 12.1 Å². The molecule has 0 radical (unpaired) electrons. The molecule has 0 atom stereocenters. The molecule has 0 unspecified atom stereocenters. The largest absolute Gasteiger partial charge is 0.503 e. The SMILES string of the molecule is CCOc1c(CC)cccc1C(=O)O.O=C(O)O. The minimum atomic E-state index is -1.83. The van der Waals surface area contributed by atoms with Gasteiger partial charge in [0, 0.05) is 0 Å². The van der Waals surface area contributed by atoms with Crippen molar-refractivity contribution in [2.45, 2.75) is 20.3 Å². The molecule has 0 aliphatic rings. The summed E-state index contributed by atoms with van der Waals surface area (Å²) in [5, 5.41) is 22.9. The predicted molar refractivity (Wildman–Crippen MR) is 64.6 cm³/mol. The summed E-state index contributed by atoms with van der Waals surface area (Å²) in [5.41, 5.74) is 1.18. The van der Waals surface area contributed by atoms with Crippen molar-refractivity contribution in [3.8, 4) is 5.75 Å². The smallest absolute Gasteiger partial charge is 0.493 e. The fraction of sp³-hybridized carbons (Fsp3) is 0.333. The second-order valence-electron chi connectivity index (χ2n) is 3.17. The highest BCUT2D eigenvalue weighted by molar-refractivity contribution is 5.91. The van der Waals surface area contributed by atoms with Crippen LogP contribution in [0.25, 0.3) is 0 Å². The number of para-hydroxylation sites is 1. The van der Waals surface area contributed by atoms with Crippen LogP contribution in [0.1, 0.15) is 29.8 Å². The Morgan fingerprint density at radius 3 is 2.11 bits per heavy atom. The first-order valence-corrected chi connectivity index (χ1v) is 5.33. The van der Waals surface area contributed by atoms with E-state index in [0.717, 1.165) is 12.0 Å². The Kier molecular flexibility index (Phi) is 6.95. The Bertz CT molecular complexity index is 409. The zero-order valence-corrected chi connectivity index (χ0v) is 10.2. The Morgan fingerprint density at radius 1 is 1.17 bits per heavy atom. The van der Waals surface area contributed by atoms with E-state index in [0.29, 0.717) is 12.4 Å². The van der Waals surface area contributed by atoms with Gasteiger partial charge in [0.15, 0.2) is 0 Å². The van der Waals surface area contributed by atoms with E-state index in [9.17, 15) is 4.79 Å². The molecule has 100 valence electrons. The van der Waals surface area contributed by atoms with Gasteiger partial charge in [0.05, 0.1) is 6.61 Å². The summed E-state index contributed by atoms with van der Waals surface area (Å²) in [4.78, 5) is 19.4. The van der Waals surface area contributed by atoms with Crippen molar-refractivity contribution < 1.29 is 29.6 Å². The molecule has 0 amide bonds. The first-order chi connectivity index (χ1) is 8.43. The number of carboxylic acid groups (broad SMARTS) is 3. The molecule has 0 saturated carbocycles. The second-order valence-corrected chi connectivity index (χ2v) is 3.17. The van der Waals surface area contributed by atoms with Gasteiger partial charge < -0.3 is 20.1 Å². The molecule has 0 fully saturated rings. The van der Waals surface area contributed by atoms with E-state index in [-0.39, 0.29) is 5.56 Å². The summed E-state index contributed by atoms with van der Waals surface area (Å²) in [7, 11) is 0. The maximum Gasteiger partial charge on any atom is 0.503 e. The first-order valence-electron chi connectivity index (χ1n) is 5.33. The number of hydrogen-bond donors (Lipinski definition) is 3. The lowest BCUT2D eigenvalue weighted by Gasteiger charge is -2.11. The van der Waals surface area contributed by atoms with Gasteiger partial charge in [0.25, 0.3) is 0 Å². The lowest BCUT2D eigenvalue weighted by molar-refractivity contribution is 0.0692. The zero-order valence-electron chi connectivity index (χ0n) is 10.2. The van der Waals surface area contributed by atoms with Crippen LogP contribution < -0.4 is 4.74 Å². The highest BCUT2D eigenvalue weighted by atomic mass is 16.6. The number of carboxylic acids is 1. The Labute approximate surface area is 104 Å².